The van der Waals surface area contributed by atoms with Crippen LogP contribution in [0.1, 0.15) is 11.4 Å². The number of imidazole rings is 1. The van der Waals surface area contributed by atoms with E-state index in [1.807, 2.05) is 14.0 Å². The Kier molecular flexibility index (Phi) is 3.30. The lowest BCUT2D eigenvalue weighted by molar-refractivity contribution is 0.505. The molecular weight excluding hydrogens is 274 g/mol. The molecule has 0 bridgehead atoms. The molecule has 1 aromatic heterocycles. The van der Waals surface area contributed by atoms with Crippen LogP contribution >= 0.6 is 0 Å². The summed E-state index contributed by atoms with van der Waals surface area (Å²) in [5.74, 6) is 1.38. The first-order valence-corrected chi connectivity index (χ1v) is 8.62. The van der Waals surface area contributed by atoms with Gasteiger partial charge in [0.25, 0.3) is 0 Å². The van der Waals surface area contributed by atoms with Crippen molar-refractivity contribution in [1.29, 1.82) is 0 Å². The molecule has 0 spiro atoms. The first-order valence-electron chi connectivity index (χ1n) is 6.80. The number of hydrogen-bond acceptors (Lipinski definition) is 4. The summed E-state index contributed by atoms with van der Waals surface area (Å²) in [5, 5.41) is 3.27. The van der Waals surface area contributed by atoms with Gasteiger partial charge in [-0.05, 0) is 24.6 Å². The van der Waals surface area contributed by atoms with Crippen molar-refractivity contribution in [2.24, 2.45) is 7.05 Å². The number of rotatable bonds is 2. The fraction of sp³-hybridized carbons (Fsp3) is 0.500. The van der Waals surface area contributed by atoms with Crippen LogP contribution in [0.15, 0.2) is 18.2 Å². The van der Waals surface area contributed by atoms with E-state index in [2.05, 4.69) is 33.1 Å². The van der Waals surface area contributed by atoms with Crippen LogP contribution in [0, 0.1) is 6.92 Å². The molecule has 1 saturated heterocycles. The van der Waals surface area contributed by atoms with E-state index in [9.17, 15) is 8.42 Å². The number of aromatic nitrogens is 2. The van der Waals surface area contributed by atoms with Crippen molar-refractivity contribution in [3.63, 3.8) is 0 Å². The van der Waals surface area contributed by atoms with Gasteiger partial charge in [-0.15, -0.1) is 0 Å². The van der Waals surface area contributed by atoms with Gasteiger partial charge in [-0.1, -0.05) is 6.07 Å². The summed E-state index contributed by atoms with van der Waals surface area (Å²) >= 11 is 0. The van der Waals surface area contributed by atoms with Gasteiger partial charge in [0.05, 0.1) is 22.5 Å². The zero-order valence-electron chi connectivity index (χ0n) is 11.8. The number of fused-ring (bicyclic) bond motifs is 1. The van der Waals surface area contributed by atoms with E-state index in [-0.39, 0.29) is 17.5 Å². The average Bonchev–Trinajstić information content (AvgIpc) is 2.64. The summed E-state index contributed by atoms with van der Waals surface area (Å²) in [6, 6.07) is 6.15. The molecule has 1 aromatic carbocycles. The van der Waals surface area contributed by atoms with Crippen molar-refractivity contribution in [2.45, 2.75) is 19.4 Å². The fourth-order valence-corrected chi connectivity index (χ4v) is 4.21. The van der Waals surface area contributed by atoms with Gasteiger partial charge in [-0.3, -0.25) is 0 Å². The molecule has 1 N–H and O–H groups in total. The van der Waals surface area contributed by atoms with Crippen LogP contribution < -0.4 is 5.32 Å². The van der Waals surface area contributed by atoms with Crippen LogP contribution in [0.3, 0.4) is 0 Å². The smallest absolute Gasteiger partial charge is 0.153 e. The second kappa shape index (κ2) is 4.86. The zero-order chi connectivity index (χ0) is 14.3. The van der Waals surface area contributed by atoms with Crippen LogP contribution in [0.2, 0.25) is 0 Å². The van der Waals surface area contributed by atoms with Crippen LogP contribution in [0.4, 0.5) is 0 Å². The Morgan fingerprint density at radius 2 is 2.25 bits per heavy atom. The maximum absolute atomic E-state index is 11.7. The quantitative estimate of drug-likeness (QED) is 0.890. The normalized spacial score (nSPS) is 22.2. The lowest BCUT2D eigenvalue weighted by Gasteiger charge is -2.23. The molecule has 0 amide bonds. The topological polar surface area (TPSA) is 64.0 Å². The molecule has 3 rings (SSSR count). The molecule has 0 radical (unpaired) electrons. The number of aryl methyl sites for hydroxylation is 2. The van der Waals surface area contributed by atoms with Crippen LogP contribution in [-0.4, -0.2) is 42.1 Å². The molecule has 1 unspecified atom stereocenters. The van der Waals surface area contributed by atoms with Crippen LogP contribution in [0.25, 0.3) is 11.0 Å². The van der Waals surface area contributed by atoms with E-state index in [4.69, 9.17) is 0 Å². The fourth-order valence-electron chi connectivity index (χ4n) is 2.76. The first kappa shape index (κ1) is 13.6. The average molecular weight is 293 g/mol. The predicted octanol–water partition coefficient (Wildman–Crippen LogP) is 0.811. The Morgan fingerprint density at radius 3 is 3.00 bits per heavy atom. The molecule has 0 aliphatic carbocycles. The summed E-state index contributed by atoms with van der Waals surface area (Å²) in [6.45, 7) is 2.58. The number of benzene rings is 1. The molecular formula is C14H19N3O2S. The standard InChI is InChI=1S/C14H19N3O2S/c1-10-3-4-13-12(7-10)16-14(17(13)2)8-11-9-20(18,19)6-5-15-11/h3-4,7,11,15H,5-6,8-9H2,1-2H3. The van der Waals surface area contributed by atoms with Gasteiger partial charge in [0, 0.05) is 26.1 Å². The number of sulfone groups is 1. The highest BCUT2D eigenvalue weighted by molar-refractivity contribution is 7.91. The highest BCUT2D eigenvalue weighted by Crippen LogP contribution is 2.18. The molecule has 1 atom stereocenters. The Labute approximate surface area is 118 Å². The van der Waals surface area contributed by atoms with Gasteiger partial charge >= 0.3 is 0 Å². The molecule has 1 aliphatic rings. The largest absolute Gasteiger partial charge is 0.331 e. The minimum atomic E-state index is -2.90. The minimum absolute atomic E-state index is 0.0367. The molecule has 1 fully saturated rings. The third-order valence-corrected chi connectivity index (χ3v) is 5.60. The summed E-state index contributed by atoms with van der Waals surface area (Å²) in [4.78, 5) is 4.64. The first-order chi connectivity index (χ1) is 9.44. The van der Waals surface area contributed by atoms with E-state index in [1.165, 1.54) is 5.56 Å². The predicted molar refractivity (Wildman–Crippen MR) is 79.6 cm³/mol. The second-order valence-corrected chi connectivity index (χ2v) is 7.78. The molecule has 5 nitrogen and oxygen atoms in total. The Hall–Kier alpha value is -1.40. The van der Waals surface area contributed by atoms with Gasteiger partial charge in [-0.2, -0.15) is 0 Å². The number of hydrogen-bond donors (Lipinski definition) is 1. The third kappa shape index (κ3) is 2.58. The van der Waals surface area contributed by atoms with Crippen LogP contribution in [-0.2, 0) is 23.3 Å². The van der Waals surface area contributed by atoms with Gasteiger partial charge in [-0.25, -0.2) is 13.4 Å². The van der Waals surface area contributed by atoms with Crippen LogP contribution in [0.5, 0.6) is 0 Å². The highest BCUT2D eigenvalue weighted by Gasteiger charge is 2.25. The summed E-state index contributed by atoms with van der Waals surface area (Å²) in [5.41, 5.74) is 3.24. The molecule has 1 aliphatic heterocycles. The van der Waals surface area contributed by atoms with Crippen molar-refractivity contribution >= 4 is 20.9 Å². The summed E-state index contributed by atoms with van der Waals surface area (Å²) in [7, 11) is -0.918. The van der Waals surface area contributed by atoms with Crippen molar-refractivity contribution in [2.75, 3.05) is 18.1 Å². The molecule has 2 heterocycles. The molecule has 2 aromatic rings. The summed E-state index contributed by atoms with van der Waals surface area (Å²) in [6.07, 6.45) is 0.642. The SMILES string of the molecule is Cc1ccc2c(c1)nc(CC1CS(=O)(=O)CCN1)n2C. The van der Waals surface area contributed by atoms with E-state index in [1.54, 1.807) is 0 Å². The van der Waals surface area contributed by atoms with Gasteiger partial charge in [0.2, 0.25) is 0 Å². The lowest BCUT2D eigenvalue weighted by atomic mass is 10.2. The third-order valence-electron chi connectivity index (χ3n) is 3.86. The van der Waals surface area contributed by atoms with Crippen molar-refractivity contribution < 1.29 is 8.42 Å². The van der Waals surface area contributed by atoms with Gasteiger partial charge < -0.3 is 9.88 Å². The Morgan fingerprint density at radius 1 is 1.45 bits per heavy atom. The van der Waals surface area contributed by atoms with E-state index < -0.39 is 9.84 Å². The van der Waals surface area contributed by atoms with Crippen molar-refractivity contribution in [3.8, 4) is 0 Å². The number of nitrogens with zero attached hydrogens (tertiary/aromatic N) is 2. The van der Waals surface area contributed by atoms with E-state index >= 15 is 0 Å². The van der Waals surface area contributed by atoms with Crippen molar-refractivity contribution in [1.82, 2.24) is 14.9 Å². The summed E-state index contributed by atoms with van der Waals surface area (Å²) < 4.78 is 25.4. The number of nitrogens with one attached hydrogen (secondary N) is 1. The maximum Gasteiger partial charge on any atom is 0.153 e. The van der Waals surface area contributed by atoms with Gasteiger partial charge in [0.1, 0.15) is 5.82 Å². The molecule has 20 heavy (non-hydrogen) atoms. The monoisotopic (exact) mass is 293 g/mol. The molecule has 0 saturated carbocycles. The zero-order valence-corrected chi connectivity index (χ0v) is 12.6. The highest BCUT2D eigenvalue weighted by atomic mass is 32.2. The van der Waals surface area contributed by atoms with E-state index in [0.29, 0.717) is 13.0 Å². The second-order valence-electron chi connectivity index (χ2n) is 5.55. The Balaban J connectivity index is 1.89. The van der Waals surface area contributed by atoms with Crippen molar-refractivity contribution in [3.05, 3.63) is 29.6 Å². The van der Waals surface area contributed by atoms with E-state index in [0.717, 1.165) is 16.9 Å². The Bertz CT molecular complexity index is 749. The maximum atomic E-state index is 11.7. The molecule has 108 valence electrons. The molecule has 6 heteroatoms. The van der Waals surface area contributed by atoms with Gasteiger partial charge in [0.15, 0.2) is 9.84 Å². The lowest BCUT2D eigenvalue weighted by Crippen LogP contribution is -2.46. The minimum Gasteiger partial charge on any atom is -0.331 e.